The van der Waals surface area contributed by atoms with Crippen molar-refractivity contribution in [1.29, 1.82) is 0 Å². The van der Waals surface area contributed by atoms with Crippen LogP contribution in [0.2, 0.25) is 0 Å². The van der Waals surface area contributed by atoms with E-state index in [1.165, 1.54) is 6.07 Å². The maximum atomic E-state index is 13.6. The van der Waals surface area contributed by atoms with Gasteiger partial charge in [0.2, 0.25) is 5.91 Å². The third kappa shape index (κ3) is 4.13. The van der Waals surface area contributed by atoms with Crippen LogP contribution in [0.3, 0.4) is 0 Å². The third-order valence-corrected chi connectivity index (χ3v) is 3.36. The summed E-state index contributed by atoms with van der Waals surface area (Å²) in [6.07, 6.45) is 0. The SMILES string of the molecule is Cc1ccccc1NC(=O)CN[C@H](C)c1ccccc1F. The van der Waals surface area contributed by atoms with Crippen LogP contribution in [0.15, 0.2) is 48.5 Å². The highest BCUT2D eigenvalue weighted by Gasteiger charge is 2.11. The van der Waals surface area contributed by atoms with Crippen LogP contribution < -0.4 is 10.6 Å². The molecule has 0 aliphatic carbocycles. The molecular weight excluding hydrogens is 267 g/mol. The van der Waals surface area contributed by atoms with Gasteiger partial charge in [0.05, 0.1) is 6.54 Å². The highest BCUT2D eigenvalue weighted by atomic mass is 19.1. The molecule has 110 valence electrons. The predicted molar refractivity (Wildman–Crippen MR) is 82.6 cm³/mol. The Hall–Kier alpha value is -2.20. The Labute approximate surface area is 124 Å². The van der Waals surface area contributed by atoms with Crippen molar-refractivity contribution < 1.29 is 9.18 Å². The summed E-state index contributed by atoms with van der Waals surface area (Å²) in [7, 11) is 0. The maximum absolute atomic E-state index is 13.6. The Morgan fingerprint density at radius 2 is 1.81 bits per heavy atom. The average molecular weight is 286 g/mol. The molecule has 0 saturated carbocycles. The Morgan fingerprint density at radius 1 is 1.14 bits per heavy atom. The van der Waals surface area contributed by atoms with Crippen molar-refractivity contribution >= 4 is 11.6 Å². The van der Waals surface area contributed by atoms with E-state index in [0.717, 1.165) is 11.3 Å². The summed E-state index contributed by atoms with van der Waals surface area (Å²) >= 11 is 0. The first-order valence-electron chi connectivity index (χ1n) is 6.91. The summed E-state index contributed by atoms with van der Waals surface area (Å²) in [5.74, 6) is -0.413. The number of nitrogens with one attached hydrogen (secondary N) is 2. The molecule has 0 aromatic heterocycles. The summed E-state index contributed by atoms with van der Waals surface area (Å²) in [6, 6.07) is 13.9. The molecule has 0 bridgehead atoms. The number of carbonyl (C=O) groups excluding carboxylic acids is 1. The highest BCUT2D eigenvalue weighted by Crippen LogP contribution is 2.16. The number of hydrogen-bond donors (Lipinski definition) is 2. The normalized spacial score (nSPS) is 12.0. The largest absolute Gasteiger partial charge is 0.325 e. The lowest BCUT2D eigenvalue weighted by Gasteiger charge is -2.15. The van der Waals surface area contributed by atoms with E-state index >= 15 is 0 Å². The van der Waals surface area contributed by atoms with Gasteiger partial charge in [0.15, 0.2) is 0 Å². The van der Waals surface area contributed by atoms with Crippen molar-refractivity contribution in [1.82, 2.24) is 5.32 Å². The van der Waals surface area contributed by atoms with Gasteiger partial charge in [0.1, 0.15) is 5.82 Å². The molecule has 0 heterocycles. The molecule has 2 rings (SSSR count). The molecule has 1 amide bonds. The molecule has 2 aromatic rings. The smallest absolute Gasteiger partial charge is 0.238 e. The minimum absolute atomic E-state index is 0.129. The zero-order valence-corrected chi connectivity index (χ0v) is 12.2. The Kier molecular flexibility index (Phi) is 5.06. The fourth-order valence-corrected chi connectivity index (χ4v) is 2.09. The summed E-state index contributed by atoms with van der Waals surface area (Å²) in [5, 5.41) is 5.86. The summed E-state index contributed by atoms with van der Waals surface area (Å²) in [5.41, 5.74) is 2.36. The molecule has 0 fully saturated rings. The summed E-state index contributed by atoms with van der Waals surface area (Å²) < 4.78 is 13.6. The van der Waals surface area contributed by atoms with Gasteiger partial charge in [-0.2, -0.15) is 0 Å². The Balaban J connectivity index is 1.90. The molecule has 3 nitrogen and oxygen atoms in total. The minimum atomic E-state index is -0.267. The molecule has 2 N–H and O–H groups in total. The van der Waals surface area contributed by atoms with Gasteiger partial charge in [-0.25, -0.2) is 4.39 Å². The van der Waals surface area contributed by atoms with Gasteiger partial charge in [-0.05, 0) is 31.5 Å². The second kappa shape index (κ2) is 6.99. The van der Waals surface area contributed by atoms with E-state index in [2.05, 4.69) is 10.6 Å². The first-order valence-corrected chi connectivity index (χ1v) is 6.91. The summed E-state index contributed by atoms with van der Waals surface area (Å²) in [6.45, 7) is 3.90. The van der Waals surface area contributed by atoms with Crippen LogP contribution in [0.5, 0.6) is 0 Å². The van der Waals surface area contributed by atoms with Gasteiger partial charge < -0.3 is 10.6 Å². The second-order valence-corrected chi connectivity index (χ2v) is 4.99. The minimum Gasteiger partial charge on any atom is -0.325 e. The Morgan fingerprint density at radius 3 is 2.52 bits per heavy atom. The van der Waals surface area contributed by atoms with E-state index in [1.54, 1.807) is 18.2 Å². The van der Waals surface area contributed by atoms with Gasteiger partial charge in [0, 0.05) is 17.3 Å². The van der Waals surface area contributed by atoms with Crippen LogP contribution in [0.4, 0.5) is 10.1 Å². The van der Waals surface area contributed by atoms with Crippen molar-refractivity contribution in [2.75, 3.05) is 11.9 Å². The second-order valence-electron chi connectivity index (χ2n) is 4.99. The summed E-state index contributed by atoms with van der Waals surface area (Å²) in [4.78, 5) is 11.9. The van der Waals surface area contributed by atoms with E-state index in [-0.39, 0.29) is 24.3 Å². The molecule has 0 aliphatic rings. The fourth-order valence-electron chi connectivity index (χ4n) is 2.09. The number of anilines is 1. The van der Waals surface area contributed by atoms with Crippen LogP contribution in [0, 0.1) is 12.7 Å². The molecule has 4 heteroatoms. The zero-order chi connectivity index (χ0) is 15.2. The number of halogens is 1. The number of aryl methyl sites for hydroxylation is 1. The van der Waals surface area contributed by atoms with Gasteiger partial charge >= 0.3 is 0 Å². The van der Waals surface area contributed by atoms with E-state index < -0.39 is 0 Å². The van der Waals surface area contributed by atoms with E-state index in [1.807, 2.05) is 38.1 Å². The number of benzene rings is 2. The van der Waals surface area contributed by atoms with Crippen LogP contribution in [0.1, 0.15) is 24.1 Å². The van der Waals surface area contributed by atoms with Crippen molar-refractivity contribution in [3.8, 4) is 0 Å². The van der Waals surface area contributed by atoms with E-state index in [9.17, 15) is 9.18 Å². The average Bonchev–Trinajstić information content (AvgIpc) is 2.48. The number of hydrogen-bond acceptors (Lipinski definition) is 2. The molecule has 0 spiro atoms. The first-order chi connectivity index (χ1) is 10.1. The number of para-hydroxylation sites is 1. The molecule has 2 aromatic carbocycles. The predicted octanol–water partition coefficient (Wildman–Crippen LogP) is 3.42. The van der Waals surface area contributed by atoms with Crippen LogP contribution in [-0.2, 0) is 4.79 Å². The lowest BCUT2D eigenvalue weighted by molar-refractivity contribution is -0.115. The standard InChI is InChI=1S/C17H19FN2O/c1-12-7-3-6-10-16(12)20-17(21)11-19-13(2)14-8-4-5-9-15(14)18/h3-10,13,19H,11H2,1-2H3,(H,20,21)/t13-/m1/s1. The van der Waals surface area contributed by atoms with Crippen molar-refractivity contribution in [2.24, 2.45) is 0 Å². The van der Waals surface area contributed by atoms with Crippen LogP contribution in [0.25, 0.3) is 0 Å². The molecule has 0 unspecified atom stereocenters. The van der Waals surface area contributed by atoms with Crippen molar-refractivity contribution in [3.63, 3.8) is 0 Å². The number of amides is 1. The van der Waals surface area contributed by atoms with E-state index in [4.69, 9.17) is 0 Å². The third-order valence-electron chi connectivity index (χ3n) is 3.36. The zero-order valence-electron chi connectivity index (χ0n) is 12.2. The monoisotopic (exact) mass is 286 g/mol. The van der Waals surface area contributed by atoms with Crippen molar-refractivity contribution in [3.05, 3.63) is 65.5 Å². The fraction of sp³-hybridized carbons (Fsp3) is 0.235. The van der Waals surface area contributed by atoms with Gasteiger partial charge in [0.25, 0.3) is 0 Å². The molecule has 21 heavy (non-hydrogen) atoms. The van der Waals surface area contributed by atoms with Crippen LogP contribution >= 0.6 is 0 Å². The molecular formula is C17H19FN2O. The maximum Gasteiger partial charge on any atom is 0.238 e. The highest BCUT2D eigenvalue weighted by molar-refractivity contribution is 5.92. The molecule has 0 aliphatic heterocycles. The van der Waals surface area contributed by atoms with E-state index in [0.29, 0.717) is 5.56 Å². The molecule has 0 saturated heterocycles. The topological polar surface area (TPSA) is 41.1 Å². The number of rotatable bonds is 5. The van der Waals surface area contributed by atoms with Gasteiger partial charge in [-0.3, -0.25) is 4.79 Å². The quantitative estimate of drug-likeness (QED) is 0.884. The van der Waals surface area contributed by atoms with Gasteiger partial charge in [-0.1, -0.05) is 36.4 Å². The lowest BCUT2D eigenvalue weighted by atomic mass is 10.1. The molecule has 0 radical (unpaired) electrons. The van der Waals surface area contributed by atoms with Crippen LogP contribution in [-0.4, -0.2) is 12.5 Å². The van der Waals surface area contributed by atoms with Crippen molar-refractivity contribution in [2.45, 2.75) is 19.9 Å². The van der Waals surface area contributed by atoms with Gasteiger partial charge in [-0.15, -0.1) is 0 Å². The lowest BCUT2D eigenvalue weighted by Crippen LogP contribution is -2.30. The first kappa shape index (κ1) is 15.2. The Bertz CT molecular complexity index is 628. The molecule has 1 atom stereocenters. The number of carbonyl (C=O) groups is 1.